The number of ketones is 1. The molecule has 0 aromatic carbocycles. The number of aliphatic hydroxyl groups is 1. The van der Waals surface area contributed by atoms with E-state index in [1.165, 1.54) is 19.3 Å². The van der Waals surface area contributed by atoms with Crippen molar-refractivity contribution in [1.29, 1.82) is 0 Å². The second kappa shape index (κ2) is 18.3. The first kappa shape index (κ1) is 33.5. The fourth-order valence-corrected chi connectivity index (χ4v) is 7.95. The highest BCUT2D eigenvalue weighted by Gasteiger charge is 2.45. The van der Waals surface area contributed by atoms with E-state index in [9.17, 15) is 9.90 Å². The fraction of sp³-hybridized carbons (Fsp3) is 0.914. The molecule has 0 spiro atoms. The first-order chi connectivity index (χ1) is 21.2. The molecule has 1 N–H and O–H groups in total. The van der Waals surface area contributed by atoms with Crippen molar-refractivity contribution >= 4 is 5.78 Å². The van der Waals surface area contributed by atoms with Crippen LogP contribution < -0.4 is 0 Å². The SMILES string of the molecule is O=C(C[C@@H]1[C@@H](/C=C/COC2CCCCO2)[C@H](OC2CCCCO2)C[C@@H]1O)C(CCCCOC1CCCCO1)C1CCCC1. The zero-order valence-corrected chi connectivity index (χ0v) is 26.4. The molecule has 5 rings (SSSR count). The van der Waals surface area contributed by atoms with Gasteiger partial charge in [-0.25, -0.2) is 0 Å². The van der Waals surface area contributed by atoms with Gasteiger partial charge in [0, 0.05) is 57.0 Å². The number of hydrogen-bond donors (Lipinski definition) is 1. The molecule has 5 aliphatic rings. The summed E-state index contributed by atoms with van der Waals surface area (Å²) < 4.78 is 35.7. The lowest BCUT2D eigenvalue weighted by atomic mass is 9.78. The van der Waals surface area contributed by atoms with Crippen molar-refractivity contribution in [1.82, 2.24) is 0 Å². The number of carbonyl (C=O) groups is 1. The third-order valence-corrected chi connectivity index (χ3v) is 10.4. The van der Waals surface area contributed by atoms with Gasteiger partial charge in [0.15, 0.2) is 18.9 Å². The Labute approximate surface area is 259 Å². The van der Waals surface area contributed by atoms with Crippen LogP contribution in [-0.2, 0) is 33.2 Å². The van der Waals surface area contributed by atoms with Crippen LogP contribution in [0, 0.1) is 23.7 Å². The van der Waals surface area contributed by atoms with E-state index >= 15 is 0 Å². The van der Waals surface area contributed by atoms with Gasteiger partial charge in [-0.05, 0) is 89.4 Å². The number of ether oxygens (including phenoxy) is 6. The monoisotopic (exact) mass is 606 g/mol. The Balaban J connectivity index is 1.17. The van der Waals surface area contributed by atoms with Crippen molar-refractivity contribution in [2.45, 2.75) is 147 Å². The smallest absolute Gasteiger partial charge is 0.157 e. The maximum Gasteiger partial charge on any atom is 0.157 e. The molecular formula is C35H58O8. The Morgan fingerprint density at radius 1 is 0.791 bits per heavy atom. The minimum absolute atomic E-state index is 0.0477. The topological polar surface area (TPSA) is 92.7 Å². The summed E-state index contributed by atoms with van der Waals surface area (Å²) in [5.74, 6) is 0.660. The molecule has 246 valence electrons. The largest absolute Gasteiger partial charge is 0.393 e. The lowest BCUT2D eigenvalue weighted by Crippen LogP contribution is -2.32. The van der Waals surface area contributed by atoms with E-state index in [4.69, 9.17) is 28.4 Å². The Hall–Kier alpha value is -0.870. The van der Waals surface area contributed by atoms with Crippen LogP contribution in [0.25, 0.3) is 0 Å². The predicted molar refractivity (Wildman–Crippen MR) is 163 cm³/mol. The molecule has 8 nitrogen and oxygen atoms in total. The Morgan fingerprint density at radius 3 is 2.07 bits per heavy atom. The van der Waals surface area contributed by atoms with Crippen LogP contribution in [0.5, 0.6) is 0 Å². The summed E-state index contributed by atoms with van der Waals surface area (Å²) in [4.78, 5) is 14.0. The van der Waals surface area contributed by atoms with E-state index < -0.39 is 6.10 Å². The average molecular weight is 607 g/mol. The number of carbonyl (C=O) groups excluding carboxylic acids is 1. The summed E-state index contributed by atoms with van der Waals surface area (Å²) in [6.45, 7) is 3.44. The number of unbranched alkanes of at least 4 members (excludes halogenated alkanes) is 1. The summed E-state index contributed by atoms with van der Waals surface area (Å²) in [6, 6.07) is 0. The fourth-order valence-electron chi connectivity index (χ4n) is 7.95. The molecule has 0 amide bonds. The zero-order valence-electron chi connectivity index (χ0n) is 26.4. The van der Waals surface area contributed by atoms with E-state index in [0.29, 0.717) is 37.8 Å². The van der Waals surface area contributed by atoms with Gasteiger partial charge in [-0.3, -0.25) is 4.79 Å². The Kier molecular flexibility index (Phi) is 14.3. The molecule has 0 aromatic heterocycles. The molecule has 8 heteroatoms. The third-order valence-electron chi connectivity index (χ3n) is 10.4. The van der Waals surface area contributed by atoms with Gasteiger partial charge in [0.25, 0.3) is 0 Å². The average Bonchev–Trinajstić information content (AvgIpc) is 3.67. The van der Waals surface area contributed by atoms with Gasteiger partial charge in [-0.2, -0.15) is 0 Å². The highest BCUT2D eigenvalue weighted by molar-refractivity contribution is 5.81. The first-order valence-electron chi connectivity index (χ1n) is 17.8. The quantitative estimate of drug-likeness (QED) is 0.158. The minimum atomic E-state index is -0.567. The van der Waals surface area contributed by atoms with E-state index in [0.717, 1.165) is 103 Å². The van der Waals surface area contributed by atoms with E-state index in [-0.39, 0.29) is 42.7 Å². The van der Waals surface area contributed by atoms with E-state index in [2.05, 4.69) is 6.08 Å². The highest BCUT2D eigenvalue weighted by Crippen LogP contribution is 2.42. The predicted octanol–water partition coefficient (Wildman–Crippen LogP) is 6.47. The van der Waals surface area contributed by atoms with Crippen LogP contribution in [0.2, 0.25) is 0 Å². The zero-order chi connectivity index (χ0) is 29.7. The van der Waals surface area contributed by atoms with Crippen molar-refractivity contribution < 1.29 is 38.3 Å². The second-order valence-electron chi connectivity index (χ2n) is 13.6. The molecule has 0 radical (unpaired) electrons. The molecule has 0 bridgehead atoms. The molecule has 5 fully saturated rings. The summed E-state index contributed by atoms with van der Waals surface area (Å²) >= 11 is 0. The van der Waals surface area contributed by atoms with Crippen molar-refractivity contribution in [3.63, 3.8) is 0 Å². The van der Waals surface area contributed by atoms with Gasteiger partial charge in [0.1, 0.15) is 5.78 Å². The summed E-state index contributed by atoms with van der Waals surface area (Å²) in [6.07, 6.45) is 21.0. The van der Waals surface area contributed by atoms with Gasteiger partial charge >= 0.3 is 0 Å². The molecule has 3 aliphatic heterocycles. The maximum atomic E-state index is 14.0. The Bertz CT molecular complexity index is 811. The summed E-state index contributed by atoms with van der Waals surface area (Å²) in [5.41, 5.74) is 0. The standard InChI is InChI=1S/C35H58O8/c36-30(27(26-12-1-2-13-26)14-3-7-19-38-33-16-4-8-20-39-33)24-29-28(15-11-23-41-34-17-5-9-21-40-34)32(25-31(29)37)43-35-18-6-10-22-42-35/h11,15,26-29,31-35,37H,1-10,12-14,16-25H2/b15-11+/t27?,28-,29-,31+,32-,33?,34?,35?/m1/s1. The molecule has 2 aliphatic carbocycles. The Morgan fingerprint density at radius 2 is 1.42 bits per heavy atom. The van der Waals surface area contributed by atoms with Crippen LogP contribution in [0.1, 0.15) is 116 Å². The van der Waals surface area contributed by atoms with Gasteiger partial charge in [0.05, 0.1) is 18.8 Å². The number of rotatable bonds is 16. The number of aliphatic hydroxyl groups excluding tert-OH is 1. The van der Waals surface area contributed by atoms with Crippen molar-refractivity contribution in [2.75, 3.05) is 33.0 Å². The minimum Gasteiger partial charge on any atom is -0.393 e. The van der Waals surface area contributed by atoms with Gasteiger partial charge in [-0.1, -0.05) is 31.4 Å². The highest BCUT2D eigenvalue weighted by atomic mass is 16.7. The normalized spacial score (nSPS) is 35.0. The van der Waals surface area contributed by atoms with Crippen LogP contribution in [0.3, 0.4) is 0 Å². The van der Waals surface area contributed by atoms with Gasteiger partial charge in [-0.15, -0.1) is 0 Å². The van der Waals surface area contributed by atoms with Crippen molar-refractivity contribution in [2.24, 2.45) is 23.7 Å². The summed E-state index contributed by atoms with van der Waals surface area (Å²) in [5, 5.41) is 11.3. The molecule has 4 unspecified atom stereocenters. The van der Waals surface area contributed by atoms with Crippen molar-refractivity contribution in [3.05, 3.63) is 12.2 Å². The molecule has 2 saturated carbocycles. The molecule has 0 aromatic rings. The maximum absolute atomic E-state index is 14.0. The molecule has 3 saturated heterocycles. The van der Waals surface area contributed by atoms with Crippen molar-refractivity contribution in [3.8, 4) is 0 Å². The molecular weight excluding hydrogens is 548 g/mol. The lowest BCUT2D eigenvalue weighted by Gasteiger charge is -2.30. The van der Waals surface area contributed by atoms with Gasteiger partial charge in [0.2, 0.25) is 0 Å². The van der Waals surface area contributed by atoms with E-state index in [1.807, 2.05) is 6.08 Å². The van der Waals surface area contributed by atoms with Crippen LogP contribution in [-0.4, -0.2) is 75.0 Å². The molecule has 43 heavy (non-hydrogen) atoms. The third kappa shape index (κ3) is 10.6. The molecule has 3 heterocycles. The number of Topliss-reactive ketones (excluding diaryl/α,β-unsaturated/α-hetero) is 1. The second-order valence-corrected chi connectivity index (χ2v) is 13.6. The summed E-state index contributed by atoms with van der Waals surface area (Å²) in [7, 11) is 0. The van der Waals surface area contributed by atoms with Gasteiger partial charge < -0.3 is 33.5 Å². The van der Waals surface area contributed by atoms with Crippen LogP contribution >= 0.6 is 0 Å². The first-order valence-corrected chi connectivity index (χ1v) is 17.8. The van der Waals surface area contributed by atoms with Crippen LogP contribution in [0.4, 0.5) is 0 Å². The molecule has 8 atom stereocenters. The van der Waals surface area contributed by atoms with Crippen LogP contribution in [0.15, 0.2) is 12.2 Å². The van der Waals surface area contributed by atoms with E-state index in [1.54, 1.807) is 0 Å². The number of hydrogen-bond acceptors (Lipinski definition) is 8. The lowest BCUT2D eigenvalue weighted by molar-refractivity contribution is -0.193.